The third-order valence-electron chi connectivity index (χ3n) is 6.43. The Morgan fingerprint density at radius 3 is 2.39 bits per heavy atom. The molecular formula is C27H27N3O5S. The highest BCUT2D eigenvalue weighted by Crippen LogP contribution is 2.37. The highest BCUT2D eigenvalue weighted by atomic mass is 32.2. The zero-order chi connectivity index (χ0) is 25.3. The second-order valence-electron chi connectivity index (χ2n) is 8.94. The monoisotopic (exact) mass is 505 g/mol. The molecule has 2 amide bonds. The Bertz CT molecular complexity index is 1380. The van der Waals surface area contributed by atoms with Gasteiger partial charge in [-0.15, -0.1) is 0 Å². The van der Waals surface area contributed by atoms with Gasteiger partial charge in [0.15, 0.2) is 6.10 Å². The molecule has 1 atom stereocenters. The number of carbonyl (C=O) groups excluding carboxylic acids is 2. The molecule has 1 N–H and O–H groups in total. The maximum atomic E-state index is 12.9. The van der Waals surface area contributed by atoms with Gasteiger partial charge in [0, 0.05) is 24.3 Å². The van der Waals surface area contributed by atoms with E-state index >= 15 is 0 Å². The van der Waals surface area contributed by atoms with E-state index in [4.69, 9.17) is 4.74 Å². The number of amides is 2. The zero-order valence-electron chi connectivity index (χ0n) is 19.9. The second kappa shape index (κ2) is 9.75. The summed E-state index contributed by atoms with van der Waals surface area (Å²) in [7, 11) is -3.54. The van der Waals surface area contributed by atoms with Gasteiger partial charge in [0.1, 0.15) is 5.75 Å². The first-order chi connectivity index (χ1) is 17.3. The van der Waals surface area contributed by atoms with E-state index in [0.717, 1.165) is 18.4 Å². The van der Waals surface area contributed by atoms with Gasteiger partial charge >= 0.3 is 0 Å². The Kier molecular flexibility index (Phi) is 6.51. The summed E-state index contributed by atoms with van der Waals surface area (Å²) in [4.78, 5) is 27.7. The molecule has 1 unspecified atom stereocenters. The van der Waals surface area contributed by atoms with Crippen molar-refractivity contribution in [2.75, 3.05) is 23.3 Å². The molecule has 5 rings (SSSR count). The summed E-state index contributed by atoms with van der Waals surface area (Å²) < 4.78 is 32.7. The fourth-order valence-corrected chi connectivity index (χ4v) is 5.99. The maximum Gasteiger partial charge on any atom is 0.268 e. The van der Waals surface area contributed by atoms with Crippen LogP contribution < -0.4 is 15.0 Å². The summed E-state index contributed by atoms with van der Waals surface area (Å²) in [6.07, 6.45) is 1.11. The molecule has 3 aromatic rings. The minimum Gasteiger partial charge on any atom is -0.479 e. The molecule has 3 aromatic carbocycles. The average Bonchev–Trinajstić information content (AvgIpc) is 3.44. The highest BCUT2D eigenvalue weighted by molar-refractivity contribution is 7.89. The fourth-order valence-electron chi connectivity index (χ4n) is 4.47. The van der Waals surface area contributed by atoms with Gasteiger partial charge in [0.05, 0.1) is 17.1 Å². The van der Waals surface area contributed by atoms with E-state index in [-0.39, 0.29) is 16.7 Å². The van der Waals surface area contributed by atoms with Gasteiger partial charge in [-0.2, -0.15) is 4.31 Å². The summed E-state index contributed by atoms with van der Waals surface area (Å²) in [5.74, 6) is 0.0169. The Morgan fingerprint density at radius 2 is 1.69 bits per heavy atom. The van der Waals surface area contributed by atoms with Crippen molar-refractivity contribution in [3.05, 3.63) is 83.9 Å². The zero-order valence-corrected chi connectivity index (χ0v) is 20.7. The number of carbonyl (C=O) groups is 2. The lowest BCUT2D eigenvalue weighted by molar-refractivity contribution is -0.125. The van der Waals surface area contributed by atoms with Crippen LogP contribution in [0.1, 0.15) is 35.7 Å². The molecule has 1 fully saturated rings. The largest absolute Gasteiger partial charge is 0.479 e. The standard InChI is InChI=1S/C27H27N3O5S/c1-19-27(32)30(18-20-7-3-2-4-8-20)24-17-22(11-14-25(24)35-19)28-26(31)21-9-12-23(13-10-21)36(33,34)29-15-5-6-16-29/h2-4,7-14,17,19H,5-6,15-16,18H2,1H3,(H,28,31). The van der Waals surface area contributed by atoms with Crippen molar-refractivity contribution in [3.63, 3.8) is 0 Å². The predicted octanol–water partition coefficient (Wildman–Crippen LogP) is 4.04. The quantitative estimate of drug-likeness (QED) is 0.546. The Morgan fingerprint density at radius 1 is 1.00 bits per heavy atom. The summed E-state index contributed by atoms with van der Waals surface area (Å²) in [5, 5.41) is 2.84. The average molecular weight is 506 g/mol. The van der Waals surface area contributed by atoms with Gasteiger partial charge in [-0.25, -0.2) is 8.42 Å². The van der Waals surface area contributed by atoms with Crippen LogP contribution in [0.2, 0.25) is 0 Å². The van der Waals surface area contributed by atoms with E-state index in [9.17, 15) is 18.0 Å². The predicted molar refractivity (Wildman–Crippen MR) is 137 cm³/mol. The number of benzene rings is 3. The smallest absolute Gasteiger partial charge is 0.268 e. The molecular weight excluding hydrogens is 478 g/mol. The minimum atomic E-state index is -3.54. The van der Waals surface area contributed by atoms with Crippen LogP contribution in [0, 0.1) is 0 Å². The SMILES string of the molecule is CC1Oc2ccc(NC(=O)c3ccc(S(=O)(=O)N4CCCC4)cc3)cc2N(Cc2ccccc2)C1=O. The molecule has 0 aromatic heterocycles. The lowest BCUT2D eigenvalue weighted by Gasteiger charge is -2.33. The number of hydrogen-bond acceptors (Lipinski definition) is 5. The topological polar surface area (TPSA) is 96.0 Å². The molecule has 0 spiro atoms. The van der Waals surface area contributed by atoms with Crippen LogP contribution in [0.15, 0.2) is 77.7 Å². The first-order valence-corrected chi connectivity index (χ1v) is 13.3. The van der Waals surface area contributed by atoms with Crippen LogP contribution in [0.3, 0.4) is 0 Å². The van der Waals surface area contributed by atoms with Gasteiger partial charge < -0.3 is 15.0 Å². The van der Waals surface area contributed by atoms with Crippen molar-refractivity contribution in [2.24, 2.45) is 0 Å². The van der Waals surface area contributed by atoms with Gasteiger partial charge in [-0.1, -0.05) is 30.3 Å². The number of hydrogen-bond donors (Lipinski definition) is 1. The Balaban J connectivity index is 1.35. The molecule has 9 heteroatoms. The molecule has 0 bridgehead atoms. The van der Waals surface area contributed by atoms with Gasteiger partial charge in [-0.3, -0.25) is 9.59 Å². The first kappa shape index (κ1) is 24.0. The van der Waals surface area contributed by atoms with E-state index in [1.807, 2.05) is 30.3 Å². The van der Waals surface area contributed by atoms with E-state index in [1.165, 1.54) is 28.6 Å². The van der Waals surface area contributed by atoms with Crippen molar-refractivity contribution in [3.8, 4) is 5.75 Å². The molecule has 186 valence electrons. The highest BCUT2D eigenvalue weighted by Gasteiger charge is 2.32. The van der Waals surface area contributed by atoms with Gasteiger partial charge in [0.2, 0.25) is 10.0 Å². The number of nitrogens with one attached hydrogen (secondary N) is 1. The molecule has 8 nitrogen and oxygen atoms in total. The van der Waals surface area contributed by atoms with Crippen molar-refractivity contribution in [1.82, 2.24) is 4.31 Å². The number of sulfonamides is 1. The fraction of sp³-hybridized carbons (Fsp3) is 0.259. The van der Waals surface area contributed by atoms with Crippen LogP contribution in [-0.2, 0) is 21.4 Å². The molecule has 1 saturated heterocycles. The Labute approximate surface area is 210 Å². The second-order valence-corrected chi connectivity index (χ2v) is 10.9. The summed E-state index contributed by atoms with van der Waals surface area (Å²) in [5.41, 5.74) is 2.38. The summed E-state index contributed by atoms with van der Waals surface area (Å²) in [6.45, 7) is 3.14. The lowest BCUT2D eigenvalue weighted by atomic mass is 10.1. The van der Waals surface area contributed by atoms with Crippen LogP contribution >= 0.6 is 0 Å². The third-order valence-corrected chi connectivity index (χ3v) is 8.34. The van der Waals surface area contributed by atoms with Crippen molar-refractivity contribution < 1.29 is 22.7 Å². The van der Waals surface area contributed by atoms with Crippen molar-refractivity contribution >= 4 is 33.2 Å². The maximum absolute atomic E-state index is 12.9. The number of anilines is 2. The summed E-state index contributed by atoms with van der Waals surface area (Å²) in [6, 6.07) is 20.8. The van der Waals surface area contributed by atoms with Gasteiger partial charge in [-0.05, 0) is 67.8 Å². The molecule has 36 heavy (non-hydrogen) atoms. The molecule has 0 aliphatic carbocycles. The van der Waals surface area contributed by atoms with Crippen LogP contribution in [0.5, 0.6) is 5.75 Å². The lowest BCUT2D eigenvalue weighted by Crippen LogP contribution is -2.44. The molecule has 2 heterocycles. The molecule has 2 aliphatic rings. The number of nitrogens with zero attached hydrogens (tertiary/aromatic N) is 2. The number of ether oxygens (including phenoxy) is 1. The van der Waals surface area contributed by atoms with Crippen molar-refractivity contribution in [1.29, 1.82) is 0 Å². The Hall–Kier alpha value is -3.69. The van der Waals surface area contributed by atoms with E-state index in [2.05, 4.69) is 5.32 Å². The first-order valence-electron chi connectivity index (χ1n) is 11.9. The van der Waals surface area contributed by atoms with Crippen LogP contribution in [-0.4, -0.2) is 43.7 Å². The van der Waals surface area contributed by atoms with E-state index < -0.39 is 16.1 Å². The number of fused-ring (bicyclic) bond motifs is 1. The van der Waals surface area contributed by atoms with Gasteiger partial charge in [0.25, 0.3) is 11.8 Å². The summed E-state index contributed by atoms with van der Waals surface area (Å²) >= 11 is 0. The molecule has 2 aliphatic heterocycles. The van der Waals surface area contributed by atoms with Crippen molar-refractivity contribution in [2.45, 2.75) is 37.3 Å². The van der Waals surface area contributed by atoms with E-state index in [0.29, 0.717) is 42.3 Å². The normalized spacial score (nSPS) is 18.0. The number of rotatable bonds is 6. The van der Waals surface area contributed by atoms with E-state index in [1.54, 1.807) is 30.0 Å². The van der Waals surface area contributed by atoms with Crippen LogP contribution in [0.25, 0.3) is 0 Å². The molecule has 0 saturated carbocycles. The molecule has 0 radical (unpaired) electrons. The minimum absolute atomic E-state index is 0.162. The third kappa shape index (κ3) is 4.72. The van der Waals surface area contributed by atoms with Crippen LogP contribution in [0.4, 0.5) is 11.4 Å².